The number of aliphatic hydroxyl groups excluding tert-OH is 1. The fourth-order valence-corrected chi connectivity index (χ4v) is 2.92. The standard InChI is InChI=1S/C15H15BrO4/c1-8-5-10(9(2)20-8)15(17)11-6-13-14(7-12(11)16)19-4-3-18-13/h5-7,15,17H,3-4H2,1-2H3. The Bertz CT molecular complexity index is 648. The SMILES string of the molecule is Cc1cc(C(O)c2cc3c(cc2Br)OCCO3)c(C)o1. The number of aliphatic hydroxyl groups is 1. The van der Waals surface area contributed by atoms with Crippen LogP contribution in [0.2, 0.25) is 0 Å². The number of fused-ring (bicyclic) bond motifs is 1. The van der Waals surface area contributed by atoms with Crippen molar-refractivity contribution < 1.29 is 19.0 Å². The molecule has 0 aliphatic carbocycles. The lowest BCUT2D eigenvalue weighted by Gasteiger charge is -2.21. The summed E-state index contributed by atoms with van der Waals surface area (Å²) in [4.78, 5) is 0. The van der Waals surface area contributed by atoms with Gasteiger partial charge in [-0.05, 0) is 32.0 Å². The molecule has 1 unspecified atom stereocenters. The molecule has 3 rings (SSSR count). The minimum absolute atomic E-state index is 0.522. The molecule has 1 atom stereocenters. The lowest BCUT2D eigenvalue weighted by molar-refractivity contribution is 0.169. The fraction of sp³-hybridized carbons (Fsp3) is 0.333. The van der Waals surface area contributed by atoms with Crippen molar-refractivity contribution in [2.24, 2.45) is 0 Å². The predicted octanol–water partition coefficient (Wildman–Crippen LogP) is 3.51. The van der Waals surface area contributed by atoms with Crippen molar-refractivity contribution in [3.05, 3.63) is 45.3 Å². The van der Waals surface area contributed by atoms with Gasteiger partial charge in [-0.2, -0.15) is 0 Å². The summed E-state index contributed by atoms with van der Waals surface area (Å²) in [5.41, 5.74) is 1.50. The maximum atomic E-state index is 10.6. The third kappa shape index (κ3) is 2.31. The van der Waals surface area contributed by atoms with Crippen molar-refractivity contribution in [3.8, 4) is 11.5 Å². The molecular weight excluding hydrogens is 324 g/mol. The summed E-state index contributed by atoms with van der Waals surface area (Å²) >= 11 is 3.48. The Balaban J connectivity index is 2.03. The molecule has 2 heterocycles. The maximum absolute atomic E-state index is 10.6. The average molecular weight is 339 g/mol. The number of ether oxygens (including phenoxy) is 2. The number of hydrogen-bond acceptors (Lipinski definition) is 4. The van der Waals surface area contributed by atoms with E-state index < -0.39 is 6.10 Å². The lowest BCUT2D eigenvalue weighted by atomic mass is 10.0. The van der Waals surface area contributed by atoms with E-state index >= 15 is 0 Å². The van der Waals surface area contributed by atoms with Gasteiger partial charge in [0.15, 0.2) is 11.5 Å². The highest BCUT2D eigenvalue weighted by molar-refractivity contribution is 9.10. The Morgan fingerprint density at radius 2 is 1.70 bits per heavy atom. The molecule has 1 aliphatic heterocycles. The van der Waals surface area contributed by atoms with Crippen LogP contribution in [-0.4, -0.2) is 18.3 Å². The van der Waals surface area contributed by atoms with Gasteiger partial charge >= 0.3 is 0 Å². The van der Waals surface area contributed by atoms with Crippen LogP contribution in [0.4, 0.5) is 0 Å². The maximum Gasteiger partial charge on any atom is 0.162 e. The summed E-state index contributed by atoms with van der Waals surface area (Å²) in [5, 5.41) is 10.6. The van der Waals surface area contributed by atoms with E-state index in [-0.39, 0.29) is 0 Å². The minimum Gasteiger partial charge on any atom is -0.486 e. The van der Waals surface area contributed by atoms with Crippen molar-refractivity contribution in [1.82, 2.24) is 0 Å². The highest BCUT2D eigenvalue weighted by Gasteiger charge is 2.22. The van der Waals surface area contributed by atoms with Gasteiger partial charge in [0.1, 0.15) is 30.8 Å². The second-order valence-corrected chi connectivity index (χ2v) is 5.64. The molecule has 1 aromatic heterocycles. The van der Waals surface area contributed by atoms with Crippen LogP contribution in [-0.2, 0) is 0 Å². The first-order valence-electron chi connectivity index (χ1n) is 6.40. The van der Waals surface area contributed by atoms with Crippen LogP contribution in [0.5, 0.6) is 11.5 Å². The molecule has 106 valence electrons. The van der Waals surface area contributed by atoms with E-state index in [1.54, 1.807) is 0 Å². The van der Waals surface area contributed by atoms with Gasteiger partial charge in [0.2, 0.25) is 0 Å². The molecule has 0 bridgehead atoms. The van der Waals surface area contributed by atoms with E-state index in [0.29, 0.717) is 24.7 Å². The first-order chi connectivity index (χ1) is 9.56. The van der Waals surface area contributed by atoms with E-state index in [4.69, 9.17) is 13.9 Å². The molecule has 2 aromatic rings. The molecule has 0 saturated heterocycles. The fourth-order valence-electron chi connectivity index (χ4n) is 2.38. The molecular formula is C15H15BrO4. The Morgan fingerprint density at radius 3 is 2.30 bits per heavy atom. The molecule has 1 aromatic carbocycles. The van der Waals surface area contributed by atoms with Gasteiger partial charge in [-0.1, -0.05) is 15.9 Å². The summed E-state index contributed by atoms with van der Waals surface area (Å²) in [5.74, 6) is 2.85. The van der Waals surface area contributed by atoms with Crippen LogP contribution >= 0.6 is 15.9 Å². The lowest BCUT2D eigenvalue weighted by Crippen LogP contribution is -2.16. The molecule has 1 N–H and O–H groups in total. The summed E-state index contributed by atoms with van der Waals surface area (Å²) in [6.07, 6.45) is -0.766. The Kier molecular flexibility index (Phi) is 3.48. The second-order valence-electron chi connectivity index (χ2n) is 4.79. The van der Waals surface area contributed by atoms with Crippen molar-refractivity contribution in [1.29, 1.82) is 0 Å². The molecule has 4 nitrogen and oxygen atoms in total. The van der Waals surface area contributed by atoms with Crippen LogP contribution < -0.4 is 9.47 Å². The smallest absolute Gasteiger partial charge is 0.162 e. The number of rotatable bonds is 2. The van der Waals surface area contributed by atoms with Crippen molar-refractivity contribution in [2.45, 2.75) is 20.0 Å². The first-order valence-corrected chi connectivity index (χ1v) is 7.19. The highest BCUT2D eigenvalue weighted by Crippen LogP contribution is 2.40. The molecule has 0 saturated carbocycles. The zero-order valence-electron chi connectivity index (χ0n) is 11.3. The van der Waals surface area contributed by atoms with Gasteiger partial charge in [-0.25, -0.2) is 0 Å². The normalized spacial score (nSPS) is 15.2. The molecule has 0 radical (unpaired) electrons. The number of aryl methyl sites for hydroxylation is 2. The van der Waals surface area contributed by atoms with Crippen molar-refractivity contribution in [2.75, 3.05) is 13.2 Å². The minimum atomic E-state index is -0.766. The number of hydrogen-bond donors (Lipinski definition) is 1. The van der Waals surface area contributed by atoms with E-state index in [9.17, 15) is 5.11 Å². The molecule has 20 heavy (non-hydrogen) atoms. The third-order valence-electron chi connectivity index (χ3n) is 3.33. The van der Waals surface area contributed by atoms with Gasteiger partial charge < -0.3 is 19.0 Å². The Labute approximate surface area is 125 Å². The summed E-state index contributed by atoms with van der Waals surface area (Å²) in [7, 11) is 0. The van der Waals surface area contributed by atoms with Crippen molar-refractivity contribution >= 4 is 15.9 Å². The van der Waals surface area contributed by atoms with Crippen LogP contribution in [0.25, 0.3) is 0 Å². The number of halogens is 1. The summed E-state index contributed by atoms with van der Waals surface area (Å²) in [6.45, 7) is 4.77. The van der Waals surface area contributed by atoms with Gasteiger partial charge in [0.25, 0.3) is 0 Å². The quantitative estimate of drug-likeness (QED) is 0.910. The van der Waals surface area contributed by atoms with Crippen LogP contribution in [0.1, 0.15) is 28.8 Å². The Hall–Kier alpha value is -1.46. The van der Waals surface area contributed by atoms with Gasteiger partial charge in [-0.3, -0.25) is 0 Å². The number of benzene rings is 1. The molecule has 0 amide bonds. The Morgan fingerprint density at radius 1 is 1.05 bits per heavy atom. The molecule has 0 fully saturated rings. The third-order valence-corrected chi connectivity index (χ3v) is 4.02. The van der Waals surface area contributed by atoms with Gasteiger partial charge in [0.05, 0.1) is 0 Å². The van der Waals surface area contributed by atoms with E-state index in [2.05, 4.69) is 15.9 Å². The molecule has 0 spiro atoms. The monoisotopic (exact) mass is 338 g/mol. The number of furan rings is 1. The predicted molar refractivity (Wildman–Crippen MR) is 77.4 cm³/mol. The van der Waals surface area contributed by atoms with Crippen LogP contribution in [0.15, 0.2) is 27.1 Å². The van der Waals surface area contributed by atoms with Crippen LogP contribution in [0, 0.1) is 13.8 Å². The average Bonchev–Trinajstić information content (AvgIpc) is 2.76. The zero-order valence-corrected chi connectivity index (χ0v) is 12.9. The largest absolute Gasteiger partial charge is 0.486 e. The van der Waals surface area contributed by atoms with E-state index in [0.717, 1.165) is 27.1 Å². The zero-order chi connectivity index (χ0) is 14.3. The van der Waals surface area contributed by atoms with Crippen molar-refractivity contribution in [3.63, 3.8) is 0 Å². The topological polar surface area (TPSA) is 51.8 Å². The first kappa shape index (κ1) is 13.5. The van der Waals surface area contributed by atoms with E-state index in [1.807, 2.05) is 32.0 Å². The van der Waals surface area contributed by atoms with E-state index in [1.165, 1.54) is 0 Å². The van der Waals surface area contributed by atoms with Gasteiger partial charge in [-0.15, -0.1) is 0 Å². The van der Waals surface area contributed by atoms with Crippen LogP contribution in [0.3, 0.4) is 0 Å². The second kappa shape index (κ2) is 5.14. The summed E-state index contributed by atoms with van der Waals surface area (Å²) in [6, 6.07) is 5.49. The molecule has 5 heteroatoms. The molecule has 1 aliphatic rings. The summed E-state index contributed by atoms with van der Waals surface area (Å²) < 4.78 is 17.3. The highest BCUT2D eigenvalue weighted by atomic mass is 79.9. The van der Waals surface area contributed by atoms with Gasteiger partial charge in [0, 0.05) is 15.6 Å².